The zero-order valence-corrected chi connectivity index (χ0v) is 19.5. The van der Waals surface area contributed by atoms with Gasteiger partial charge < -0.3 is 15.0 Å². The van der Waals surface area contributed by atoms with Crippen molar-refractivity contribution in [3.8, 4) is 5.75 Å². The second-order valence-corrected chi connectivity index (χ2v) is 10.1. The summed E-state index contributed by atoms with van der Waals surface area (Å²) >= 11 is 0. The molecule has 0 aromatic heterocycles. The molecule has 0 unspecified atom stereocenters. The van der Waals surface area contributed by atoms with Crippen LogP contribution in [0.4, 0.5) is 5.69 Å². The van der Waals surface area contributed by atoms with Crippen LogP contribution >= 0.6 is 0 Å². The number of anilines is 1. The average Bonchev–Trinajstić information content (AvgIpc) is 2.82. The molecule has 0 spiro atoms. The second kappa shape index (κ2) is 9.36. The Morgan fingerprint density at radius 2 is 1.82 bits per heavy atom. The van der Waals surface area contributed by atoms with Crippen LogP contribution < -0.4 is 10.1 Å². The van der Waals surface area contributed by atoms with Gasteiger partial charge in [-0.15, -0.1) is 0 Å². The van der Waals surface area contributed by atoms with Gasteiger partial charge in [0, 0.05) is 32.3 Å². The lowest BCUT2D eigenvalue weighted by atomic mass is 10.1. The molecule has 33 heavy (non-hydrogen) atoms. The predicted octanol–water partition coefficient (Wildman–Crippen LogP) is 2.65. The monoisotopic (exact) mass is 469 g/mol. The Balaban J connectivity index is 1.40. The van der Waals surface area contributed by atoms with Gasteiger partial charge in [-0.25, -0.2) is 8.42 Å². The molecule has 4 rings (SSSR count). The number of hydrogen-bond donors (Lipinski definition) is 1. The van der Waals surface area contributed by atoms with E-state index in [1.54, 1.807) is 17.0 Å². The molecular formula is C24H27N3O5S. The van der Waals surface area contributed by atoms with Crippen LogP contribution in [0.2, 0.25) is 0 Å². The first-order chi connectivity index (χ1) is 15.8. The van der Waals surface area contributed by atoms with Gasteiger partial charge in [-0.3, -0.25) is 9.59 Å². The van der Waals surface area contributed by atoms with E-state index in [2.05, 4.69) is 5.32 Å². The summed E-state index contributed by atoms with van der Waals surface area (Å²) in [7, 11) is -3.77. The molecule has 1 atom stereocenters. The Morgan fingerprint density at radius 1 is 1.12 bits per heavy atom. The summed E-state index contributed by atoms with van der Waals surface area (Å²) < 4.78 is 33.3. The Labute approximate surface area is 193 Å². The SMILES string of the molecule is CC[C@@H]1Oc2ccc(S(=O)(=O)N3CCN(C(=O)/C=C/c4ccc(C)cc4)CC3)cc2NC1=O. The quantitative estimate of drug-likeness (QED) is 0.680. The van der Waals surface area contributed by atoms with Crippen molar-refractivity contribution in [2.75, 3.05) is 31.5 Å². The molecule has 1 saturated heterocycles. The third kappa shape index (κ3) is 4.94. The predicted molar refractivity (Wildman–Crippen MR) is 125 cm³/mol. The van der Waals surface area contributed by atoms with E-state index in [4.69, 9.17) is 4.74 Å². The van der Waals surface area contributed by atoms with Crippen molar-refractivity contribution in [3.63, 3.8) is 0 Å². The van der Waals surface area contributed by atoms with Crippen LogP contribution in [0.5, 0.6) is 5.75 Å². The minimum absolute atomic E-state index is 0.0825. The van der Waals surface area contributed by atoms with Crippen LogP contribution in [-0.4, -0.2) is 61.7 Å². The number of sulfonamides is 1. The van der Waals surface area contributed by atoms with Crippen LogP contribution in [0.3, 0.4) is 0 Å². The lowest BCUT2D eigenvalue weighted by Gasteiger charge is -2.33. The van der Waals surface area contributed by atoms with Gasteiger partial charge in [-0.1, -0.05) is 36.8 Å². The summed E-state index contributed by atoms with van der Waals surface area (Å²) in [6, 6.07) is 12.3. The number of carbonyl (C=O) groups excluding carboxylic acids is 2. The van der Waals surface area contributed by atoms with E-state index in [-0.39, 0.29) is 29.8 Å². The highest BCUT2D eigenvalue weighted by molar-refractivity contribution is 7.89. The Kier molecular flexibility index (Phi) is 6.53. The van der Waals surface area contributed by atoms with E-state index < -0.39 is 16.1 Å². The molecule has 2 aliphatic rings. The van der Waals surface area contributed by atoms with Gasteiger partial charge in [-0.2, -0.15) is 4.31 Å². The van der Waals surface area contributed by atoms with Crippen molar-refractivity contribution < 1.29 is 22.7 Å². The third-order valence-corrected chi connectivity index (χ3v) is 7.72. The number of nitrogens with zero attached hydrogens (tertiary/aromatic N) is 2. The highest BCUT2D eigenvalue weighted by Gasteiger charge is 2.32. The van der Waals surface area contributed by atoms with Gasteiger partial charge in [0.05, 0.1) is 10.6 Å². The van der Waals surface area contributed by atoms with Crippen LogP contribution in [0.25, 0.3) is 6.08 Å². The van der Waals surface area contributed by atoms with Gasteiger partial charge >= 0.3 is 0 Å². The number of amides is 2. The first-order valence-electron chi connectivity index (χ1n) is 10.9. The molecule has 8 nitrogen and oxygen atoms in total. The molecule has 0 aliphatic carbocycles. The van der Waals surface area contributed by atoms with Crippen molar-refractivity contribution >= 4 is 33.6 Å². The van der Waals surface area contributed by atoms with E-state index in [1.807, 2.05) is 38.1 Å². The molecule has 0 saturated carbocycles. The molecule has 2 aromatic rings. The van der Waals surface area contributed by atoms with Gasteiger partial charge in [0.25, 0.3) is 5.91 Å². The highest BCUT2D eigenvalue weighted by Crippen LogP contribution is 2.33. The molecule has 1 N–H and O–H groups in total. The topological polar surface area (TPSA) is 96.0 Å². The van der Waals surface area contributed by atoms with Crippen LogP contribution in [0.15, 0.2) is 53.4 Å². The first-order valence-corrected chi connectivity index (χ1v) is 12.4. The van der Waals surface area contributed by atoms with Gasteiger partial charge in [0.1, 0.15) is 5.75 Å². The molecule has 2 aliphatic heterocycles. The molecule has 0 bridgehead atoms. The molecule has 1 fully saturated rings. The number of nitrogens with one attached hydrogen (secondary N) is 1. The summed E-state index contributed by atoms with van der Waals surface area (Å²) in [6.07, 6.45) is 3.22. The molecule has 9 heteroatoms. The standard InChI is InChI=1S/C24H27N3O5S/c1-3-21-24(29)25-20-16-19(9-10-22(20)32-21)33(30,31)27-14-12-26(13-15-27)23(28)11-8-18-6-4-17(2)5-7-18/h4-11,16,21H,3,12-15H2,1-2H3,(H,25,29)/b11-8+/t21-/m0/s1. The second-order valence-electron chi connectivity index (χ2n) is 8.14. The van der Waals surface area contributed by atoms with E-state index in [9.17, 15) is 18.0 Å². The number of piperazine rings is 1. The maximum atomic E-state index is 13.1. The van der Waals surface area contributed by atoms with Crippen molar-refractivity contribution in [1.82, 2.24) is 9.21 Å². The third-order valence-electron chi connectivity index (χ3n) is 5.83. The van der Waals surface area contributed by atoms with Crippen LogP contribution in [0, 0.1) is 6.92 Å². The van der Waals surface area contributed by atoms with Crippen LogP contribution in [-0.2, 0) is 19.6 Å². The Morgan fingerprint density at radius 3 is 2.48 bits per heavy atom. The van der Waals surface area contributed by atoms with Crippen molar-refractivity contribution in [1.29, 1.82) is 0 Å². The lowest BCUT2D eigenvalue weighted by Crippen LogP contribution is -2.50. The molecule has 0 radical (unpaired) electrons. The van der Waals surface area contributed by atoms with E-state index in [0.717, 1.165) is 11.1 Å². The minimum Gasteiger partial charge on any atom is -0.478 e. The number of benzene rings is 2. The van der Waals surface area contributed by atoms with Crippen LogP contribution in [0.1, 0.15) is 24.5 Å². The van der Waals surface area contributed by atoms with Gasteiger partial charge in [-0.05, 0) is 43.2 Å². The summed E-state index contributed by atoms with van der Waals surface area (Å²) in [5.74, 6) is 0.0216. The largest absolute Gasteiger partial charge is 0.478 e. The van der Waals surface area contributed by atoms with Gasteiger partial charge in [0.15, 0.2) is 6.10 Å². The molecule has 2 amide bonds. The Bertz CT molecular complexity index is 1180. The molecule has 2 aromatic carbocycles. The van der Waals surface area contributed by atoms with Crippen molar-refractivity contribution in [3.05, 3.63) is 59.7 Å². The number of rotatable bonds is 5. The number of carbonyl (C=O) groups is 2. The minimum atomic E-state index is -3.77. The average molecular weight is 470 g/mol. The highest BCUT2D eigenvalue weighted by atomic mass is 32.2. The summed E-state index contributed by atoms with van der Waals surface area (Å²) in [4.78, 5) is 26.3. The number of hydrogen-bond acceptors (Lipinski definition) is 5. The van der Waals surface area contributed by atoms with E-state index in [0.29, 0.717) is 30.9 Å². The molecule has 174 valence electrons. The maximum absolute atomic E-state index is 13.1. The summed E-state index contributed by atoms with van der Waals surface area (Å²) in [6.45, 7) is 4.85. The van der Waals surface area contributed by atoms with E-state index >= 15 is 0 Å². The molecular weight excluding hydrogens is 442 g/mol. The first kappa shape index (κ1) is 23.0. The zero-order chi connectivity index (χ0) is 23.6. The van der Waals surface area contributed by atoms with E-state index in [1.165, 1.54) is 22.5 Å². The zero-order valence-electron chi connectivity index (χ0n) is 18.7. The normalized spacial score (nSPS) is 19.2. The lowest BCUT2D eigenvalue weighted by molar-refractivity contribution is -0.127. The smallest absolute Gasteiger partial charge is 0.265 e. The fourth-order valence-electron chi connectivity index (χ4n) is 3.81. The van der Waals surface area contributed by atoms with Crippen molar-refractivity contribution in [2.45, 2.75) is 31.3 Å². The summed E-state index contributed by atoms with van der Waals surface area (Å²) in [5, 5.41) is 2.72. The molecule has 2 heterocycles. The number of aryl methyl sites for hydroxylation is 1. The fourth-order valence-corrected chi connectivity index (χ4v) is 5.26. The number of ether oxygens (including phenoxy) is 1. The summed E-state index contributed by atoms with van der Waals surface area (Å²) in [5.41, 5.74) is 2.43. The van der Waals surface area contributed by atoms with Crippen molar-refractivity contribution in [2.24, 2.45) is 0 Å². The Hall–Kier alpha value is -3.17. The van der Waals surface area contributed by atoms with Gasteiger partial charge in [0.2, 0.25) is 15.9 Å². The fraction of sp³-hybridized carbons (Fsp3) is 0.333. The maximum Gasteiger partial charge on any atom is 0.265 e. The number of fused-ring (bicyclic) bond motifs is 1.